The molecule has 0 bridgehead atoms. The molecule has 0 radical (unpaired) electrons. The van der Waals surface area contributed by atoms with Gasteiger partial charge in [0.25, 0.3) is 5.69 Å². The van der Waals surface area contributed by atoms with Crippen molar-refractivity contribution in [2.75, 3.05) is 18.2 Å². The number of methoxy groups -OCH3 is 1. The molecule has 0 atom stereocenters. The third-order valence-corrected chi connectivity index (χ3v) is 3.80. The molecule has 1 amide bonds. The molecule has 0 aliphatic heterocycles. The van der Waals surface area contributed by atoms with Crippen LogP contribution in [0.4, 0.5) is 11.4 Å². The second-order valence-corrected chi connectivity index (χ2v) is 5.37. The number of ether oxygens (including phenoxy) is 1. The zero-order valence-electron chi connectivity index (χ0n) is 11.8. The number of carbonyl (C=O) groups excluding carboxylic acids is 1. The van der Waals surface area contributed by atoms with E-state index in [0.29, 0.717) is 5.69 Å². The number of nitro benzene ring substituents is 1. The van der Waals surface area contributed by atoms with Gasteiger partial charge in [0.15, 0.2) is 0 Å². The van der Waals surface area contributed by atoms with Gasteiger partial charge in [0.2, 0.25) is 5.91 Å². The van der Waals surface area contributed by atoms with Crippen molar-refractivity contribution >= 4 is 29.0 Å². The SMILES string of the molecule is COc1ccc(SCC(=O)Nc2ccc([N+](=O)[O-])cc2)cc1. The lowest BCUT2D eigenvalue weighted by Gasteiger charge is -2.05. The molecule has 2 rings (SSSR count). The summed E-state index contributed by atoms with van der Waals surface area (Å²) < 4.78 is 5.06. The highest BCUT2D eigenvalue weighted by Crippen LogP contribution is 2.22. The molecule has 22 heavy (non-hydrogen) atoms. The number of non-ortho nitro benzene ring substituents is 1. The molecule has 6 nitrogen and oxygen atoms in total. The fourth-order valence-electron chi connectivity index (χ4n) is 1.68. The summed E-state index contributed by atoms with van der Waals surface area (Å²) in [5.74, 6) is 0.845. The van der Waals surface area contributed by atoms with Gasteiger partial charge in [-0.15, -0.1) is 11.8 Å². The van der Waals surface area contributed by atoms with E-state index in [-0.39, 0.29) is 17.3 Å². The lowest BCUT2D eigenvalue weighted by Crippen LogP contribution is -2.13. The summed E-state index contributed by atoms with van der Waals surface area (Å²) in [7, 11) is 1.60. The maximum absolute atomic E-state index is 11.8. The third-order valence-electron chi connectivity index (χ3n) is 2.79. The maximum atomic E-state index is 11.8. The zero-order chi connectivity index (χ0) is 15.9. The zero-order valence-corrected chi connectivity index (χ0v) is 12.6. The fraction of sp³-hybridized carbons (Fsp3) is 0.133. The van der Waals surface area contributed by atoms with Crippen molar-refractivity contribution in [3.63, 3.8) is 0 Å². The van der Waals surface area contributed by atoms with Gasteiger partial charge in [-0.1, -0.05) is 0 Å². The molecule has 0 fully saturated rings. The number of nitro groups is 1. The van der Waals surface area contributed by atoms with E-state index in [1.165, 1.54) is 36.0 Å². The Morgan fingerprint density at radius 1 is 1.18 bits per heavy atom. The summed E-state index contributed by atoms with van der Waals surface area (Å²) >= 11 is 1.40. The van der Waals surface area contributed by atoms with Gasteiger partial charge in [0.1, 0.15) is 5.75 Å². The van der Waals surface area contributed by atoms with Crippen LogP contribution in [0.15, 0.2) is 53.4 Å². The van der Waals surface area contributed by atoms with Gasteiger partial charge in [0, 0.05) is 22.7 Å². The summed E-state index contributed by atoms with van der Waals surface area (Å²) in [5, 5.41) is 13.2. The number of hydrogen-bond acceptors (Lipinski definition) is 5. The molecule has 0 heterocycles. The quantitative estimate of drug-likeness (QED) is 0.502. The lowest BCUT2D eigenvalue weighted by atomic mass is 10.3. The summed E-state index contributed by atoms with van der Waals surface area (Å²) in [6.45, 7) is 0. The second kappa shape index (κ2) is 7.46. The maximum Gasteiger partial charge on any atom is 0.269 e. The van der Waals surface area contributed by atoms with E-state index in [9.17, 15) is 14.9 Å². The Morgan fingerprint density at radius 2 is 1.82 bits per heavy atom. The van der Waals surface area contributed by atoms with E-state index < -0.39 is 4.92 Å². The fourth-order valence-corrected chi connectivity index (χ4v) is 2.38. The van der Waals surface area contributed by atoms with Crippen LogP contribution >= 0.6 is 11.8 Å². The number of anilines is 1. The van der Waals surface area contributed by atoms with E-state index in [1.54, 1.807) is 7.11 Å². The van der Waals surface area contributed by atoms with Gasteiger partial charge in [-0.25, -0.2) is 0 Å². The highest BCUT2D eigenvalue weighted by molar-refractivity contribution is 8.00. The van der Waals surface area contributed by atoms with E-state index in [1.807, 2.05) is 24.3 Å². The smallest absolute Gasteiger partial charge is 0.269 e. The number of hydrogen-bond donors (Lipinski definition) is 1. The number of nitrogens with zero attached hydrogens (tertiary/aromatic N) is 1. The molecule has 0 saturated carbocycles. The second-order valence-electron chi connectivity index (χ2n) is 4.32. The molecule has 2 aromatic rings. The number of rotatable bonds is 6. The molecule has 0 aliphatic rings. The minimum atomic E-state index is -0.481. The molecule has 114 valence electrons. The first-order valence-electron chi connectivity index (χ1n) is 6.39. The third kappa shape index (κ3) is 4.49. The number of nitrogens with one attached hydrogen (secondary N) is 1. The highest BCUT2D eigenvalue weighted by Gasteiger charge is 2.07. The van der Waals surface area contributed by atoms with Gasteiger partial charge in [-0.3, -0.25) is 14.9 Å². The van der Waals surface area contributed by atoms with Gasteiger partial charge >= 0.3 is 0 Å². The van der Waals surface area contributed by atoms with Gasteiger partial charge in [-0.2, -0.15) is 0 Å². The first-order chi connectivity index (χ1) is 10.6. The predicted molar refractivity (Wildman–Crippen MR) is 85.4 cm³/mol. The van der Waals surface area contributed by atoms with Gasteiger partial charge in [-0.05, 0) is 36.4 Å². The first-order valence-corrected chi connectivity index (χ1v) is 7.38. The summed E-state index contributed by atoms with van der Waals surface area (Å²) in [4.78, 5) is 22.9. The summed E-state index contributed by atoms with van der Waals surface area (Å²) in [6.07, 6.45) is 0. The average Bonchev–Trinajstić information content (AvgIpc) is 2.54. The van der Waals surface area contributed by atoms with Crippen molar-refractivity contribution in [1.29, 1.82) is 0 Å². The number of carbonyl (C=O) groups is 1. The molecule has 0 unspecified atom stereocenters. The Balaban J connectivity index is 1.85. The first kappa shape index (κ1) is 15.8. The lowest BCUT2D eigenvalue weighted by molar-refractivity contribution is -0.384. The number of thioether (sulfide) groups is 1. The van der Waals surface area contributed by atoms with Crippen LogP contribution in [0.5, 0.6) is 5.75 Å². The largest absolute Gasteiger partial charge is 0.497 e. The Hall–Kier alpha value is -2.54. The van der Waals surface area contributed by atoms with Crippen LogP contribution in [0.25, 0.3) is 0 Å². The van der Waals surface area contributed by atoms with Crippen LogP contribution < -0.4 is 10.1 Å². The normalized spacial score (nSPS) is 10.0. The van der Waals surface area contributed by atoms with Crippen LogP contribution in [0.3, 0.4) is 0 Å². The molecule has 2 aromatic carbocycles. The van der Waals surface area contributed by atoms with Crippen LogP contribution in [0.2, 0.25) is 0 Å². The summed E-state index contributed by atoms with van der Waals surface area (Å²) in [5.41, 5.74) is 0.525. The van der Waals surface area contributed by atoms with Crippen molar-refractivity contribution in [2.24, 2.45) is 0 Å². The van der Waals surface area contributed by atoms with Crippen molar-refractivity contribution < 1.29 is 14.5 Å². The predicted octanol–water partition coefficient (Wildman–Crippen LogP) is 3.33. The van der Waals surface area contributed by atoms with Gasteiger partial charge < -0.3 is 10.1 Å². The van der Waals surface area contributed by atoms with E-state index >= 15 is 0 Å². The molecule has 0 aliphatic carbocycles. The van der Waals surface area contributed by atoms with Gasteiger partial charge in [0.05, 0.1) is 17.8 Å². The highest BCUT2D eigenvalue weighted by atomic mass is 32.2. The molecule has 0 aromatic heterocycles. The van der Waals surface area contributed by atoms with Crippen molar-refractivity contribution in [1.82, 2.24) is 0 Å². The molecular weight excluding hydrogens is 304 g/mol. The minimum Gasteiger partial charge on any atom is -0.497 e. The van der Waals surface area contributed by atoms with Crippen LogP contribution in [-0.4, -0.2) is 23.7 Å². The standard InChI is InChI=1S/C15H14N2O4S/c1-21-13-6-8-14(9-7-13)22-10-15(18)16-11-2-4-12(5-3-11)17(19)20/h2-9H,10H2,1H3,(H,16,18). The Labute approximate surface area is 131 Å². The Kier molecular flexibility index (Phi) is 5.37. The van der Waals surface area contributed by atoms with Crippen LogP contribution in [0.1, 0.15) is 0 Å². The van der Waals surface area contributed by atoms with Crippen molar-refractivity contribution in [3.05, 3.63) is 58.6 Å². The molecule has 0 spiro atoms. The summed E-state index contributed by atoms with van der Waals surface area (Å²) in [6, 6.07) is 13.1. The van der Waals surface area contributed by atoms with E-state index in [4.69, 9.17) is 4.74 Å². The minimum absolute atomic E-state index is 0.00870. The molecule has 7 heteroatoms. The van der Waals surface area contributed by atoms with Crippen molar-refractivity contribution in [2.45, 2.75) is 4.90 Å². The topological polar surface area (TPSA) is 81.5 Å². The Morgan fingerprint density at radius 3 is 2.36 bits per heavy atom. The van der Waals surface area contributed by atoms with Crippen LogP contribution in [-0.2, 0) is 4.79 Å². The van der Waals surface area contributed by atoms with E-state index in [2.05, 4.69) is 5.32 Å². The molecule has 0 saturated heterocycles. The number of benzene rings is 2. The molecular formula is C15H14N2O4S. The molecule has 1 N–H and O–H groups in total. The van der Waals surface area contributed by atoms with Crippen LogP contribution in [0, 0.1) is 10.1 Å². The average molecular weight is 318 g/mol. The van der Waals surface area contributed by atoms with Crippen molar-refractivity contribution in [3.8, 4) is 5.75 Å². The van der Waals surface area contributed by atoms with E-state index in [0.717, 1.165) is 10.6 Å². The monoisotopic (exact) mass is 318 g/mol. The number of amides is 1. The Bertz CT molecular complexity index is 656.